The van der Waals surface area contributed by atoms with Gasteiger partial charge in [-0.25, -0.2) is 13.4 Å². The summed E-state index contributed by atoms with van der Waals surface area (Å²) in [5.41, 5.74) is 2.52. The number of ether oxygens (including phenoxy) is 1. The van der Waals surface area contributed by atoms with Crippen LogP contribution in [0.1, 0.15) is 38.2 Å². The number of rotatable bonds is 6. The number of carbonyl (C=O) groups is 2. The average Bonchev–Trinajstić information content (AvgIpc) is 3.61. The summed E-state index contributed by atoms with van der Waals surface area (Å²) in [7, 11) is -2.09. The molecule has 2 aliphatic heterocycles. The average molecular weight is 555 g/mol. The first-order valence-corrected chi connectivity index (χ1v) is 15.2. The van der Waals surface area contributed by atoms with E-state index in [4.69, 9.17) is 4.74 Å². The maximum Gasteiger partial charge on any atom is 0.243 e. The van der Waals surface area contributed by atoms with Gasteiger partial charge in [0.05, 0.1) is 22.2 Å². The van der Waals surface area contributed by atoms with Gasteiger partial charge in [-0.2, -0.15) is 4.31 Å². The molecule has 1 saturated carbocycles. The SMILES string of the molecule is COc1ccc2nc(NC(=O)C3CCN(S(=O)(=O)c4ccc5c(c4)C[C@H](C)N5C(=O)C4CC4)CC3)sc2c1. The Morgan fingerprint density at radius 1 is 1.05 bits per heavy atom. The van der Waals surface area contributed by atoms with Crippen molar-refractivity contribution in [2.45, 2.75) is 50.0 Å². The van der Waals surface area contributed by atoms with E-state index in [1.54, 1.807) is 25.3 Å². The van der Waals surface area contributed by atoms with Crippen molar-refractivity contribution in [3.63, 3.8) is 0 Å². The molecule has 9 nitrogen and oxygen atoms in total. The first-order chi connectivity index (χ1) is 18.2. The molecule has 2 fully saturated rings. The summed E-state index contributed by atoms with van der Waals surface area (Å²) >= 11 is 1.38. The lowest BCUT2D eigenvalue weighted by atomic mass is 9.97. The number of hydrogen-bond acceptors (Lipinski definition) is 7. The van der Waals surface area contributed by atoms with Crippen molar-refractivity contribution >= 4 is 54.2 Å². The predicted molar refractivity (Wildman–Crippen MR) is 146 cm³/mol. The fourth-order valence-corrected chi connectivity index (χ4v) is 7.85. The van der Waals surface area contributed by atoms with Crippen molar-refractivity contribution in [2.24, 2.45) is 11.8 Å². The Kier molecular flexibility index (Phi) is 6.40. The zero-order valence-corrected chi connectivity index (χ0v) is 23.0. The van der Waals surface area contributed by atoms with Crippen LogP contribution in [0.15, 0.2) is 41.3 Å². The third kappa shape index (κ3) is 4.56. The maximum atomic E-state index is 13.4. The molecule has 11 heteroatoms. The number of amides is 2. The second kappa shape index (κ2) is 9.62. The minimum Gasteiger partial charge on any atom is -0.497 e. The summed E-state index contributed by atoms with van der Waals surface area (Å²) in [6, 6.07) is 10.7. The topological polar surface area (TPSA) is 109 Å². The number of carbonyl (C=O) groups excluding carboxylic acids is 2. The summed E-state index contributed by atoms with van der Waals surface area (Å²) in [5.74, 6) is 0.571. The van der Waals surface area contributed by atoms with E-state index in [0.717, 1.165) is 40.1 Å². The lowest BCUT2D eigenvalue weighted by molar-refractivity contribution is -0.121. The molecule has 3 aromatic rings. The van der Waals surface area contributed by atoms with Crippen molar-refractivity contribution in [3.05, 3.63) is 42.0 Å². The van der Waals surface area contributed by atoms with E-state index in [-0.39, 0.29) is 47.7 Å². The van der Waals surface area contributed by atoms with Gasteiger partial charge in [-0.1, -0.05) is 11.3 Å². The maximum absolute atomic E-state index is 13.4. The van der Waals surface area contributed by atoms with Gasteiger partial charge in [-0.15, -0.1) is 0 Å². The molecule has 2 amide bonds. The fourth-order valence-electron chi connectivity index (χ4n) is 5.43. The Hall–Kier alpha value is -3.02. The Morgan fingerprint density at radius 3 is 2.53 bits per heavy atom. The smallest absolute Gasteiger partial charge is 0.243 e. The van der Waals surface area contributed by atoms with E-state index >= 15 is 0 Å². The summed E-state index contributed by atoms with van der Waals surface area (Å²) in [5, 5.41) is 3.43. The molecule has 1 aromatic heterocycles. The molecule has 0 spiro atoms. The predicted octanol–water partition coefficient (Wildman–Crippen LogP) is 4.03. The summed E-state index contributed by atoms with van der Waals surface area (Å²) < 4.78 is 34.5. The van der Waals surface area contributed by atoms with Crippen molar-refractivity contribution in [3.8, 4) is 5.75 Å². The number of methoxy groups -OCH3 is 1. The number of hydrogen-bond donors (Lipinski definition) is 1. The fraction of sp³-hybridized carbons (Fsp3) is 0.444. The molecular formula is C27H30N4O5S2. The van der Waals surface area contributed by atoms with Crippen molar-refractivity contribution in [1.82, 2.24) is 9.29 Å². The Labute approximate surface area is 225 Å². The molecule has 3 heterocycles. The van der Waals surface area contributed by atoms with Gasteiger partial charge in [-0.05, 0) is 81.0 Å². The van der Waals surface area contributed by atoms with E-state index in [1.165, 1.54) is 15.6 Å². The number of sulfonamides is 1. The first kappa shape index (κ1) is 25.3. The van der Waals surface area contributed by atoms with Gasteiger partial charge in [-0.3, -0.25) is 9.59 Å². The van der Waals surface area contributed by atoms with E-state index in [9.17, 15) is 18.0 Å². The van der Waals surface area contributed by atoms with E-state index in [0.29, 0.717) is 24.4 Å². The molecule has 0 bridgehead atoms. The minimum absolute atomic E-state index is 0.0303. The minimum atomic E-state index is -3.70. The number of thiazole rings is 1. The van der Waals surface area contributed by atoms with Crippen LogP contribution in [0.5, 0.6) is 5.75 Å². The van der Waals surface area contributed by atoms with Gasteiger partial charge in [0.15, 0.2) is 5.13 Å². The molecule has 1 aliphatic carbocycles. The number of nitrogens with one attached hydrogen (secondary N) is 1. The van der Waals surface area contributed by atoms with Gasteiger partial charge in [0.2, 0.25) is 21.8 Å². The second-order valence-electron chi connectivity index (χ2n) is 10.3. The highest BCUT2D eigenvalue weighted by atomic mass is 32.2. The van der Waals surface area contributed by atoms with Crippen LogP contribution in [0.3, 0.4) is 0 Å². The summed E-state index contributed by atoms with van der Waals surface area (Å²) in [6.45, 7) is 2.56. The van der Waals surface area contributed by atoms with Gasteiger partial charge in [0.1, 0.15) is 5.75 Å². The molecule has 1 saturated heterocycles. The van der Waals surface area contributed by atoms with Crippen LogP contribution in [-0.4, -0.2) is 55.8 Å². The Bertz CT molecular complexity index is 1520. The molecule has 200 valence electrons. The van der Waals surface area contributed by atoms with E-state index in [2.05, 4.69) is 10.3 Å². The van der Waals surface area contributed by atoms with Crippen LogP contribution in [-0.2, 0) is 26.0 Å². The Morgan fingerprint density at radius 2 is 1.82 bits per heavy atom. The molecule has 3 aliphatic rings. The Balaban J connectivity index is 1.10. The monoisotopic (exact) mass is 554 g/mol. The van der Waals surface area contributed by atoms with Gasteiger partial charge < -0.3 is 15.0 Å². The lowest BCUT2D eigenvalue weighted by Gasteiger charge is -2.30. The van der Waals surface area contributed by atoms with Crippen LogP contribution >= 0.6 is 11.3 Å². The van der Waals surface area contributed by atoms with Crippen molar-refractivity contribution in [2.75, 3.05) is 30.4 Å². The normalized spacial score (nSPS) is 20.5. The van der Waals surface area contributed by atoms with Crippen molar-refractivity contribution in [1.29, 1.82) is 0 Å². The number of nitrogens with zero attached hydrogens (tertiary/aromatic N) is 3. The van der Waals surface area contributed by atoms with Crippen LogP contribution < -0.4 is 15.0 Å². The third-order valence-corrected chi connectivity index (χ3v) is 10.5. The molecule has 1 atom stereocenters. The van der Waals surface area contributed by atoms with Crippen LogP contribution in [0.25, 0.3) is 10.2 Å². The lowest BCUT2D eigenvalue weighted by Crippen LogP contribution is -2.41. The summed E-state index contributed by atoms with van der Waals surface area (Å²) in [6.07, 6.45) is 3.41. The molecule has 38 heavy (non-hydrogen) atoms. The number of piperidine rings is 1. The molecule has 6 rings (SSSR count). The largest absolute Gasteiger partial charge is 0.497 e. The van der Waals surface area contributed by atoms with E-state index in [1.807, 2.05) is 30.0 Å². The van der Waals surface area contributed by atoms with Gasteiger partial charge in [0.25, 0.3) is 0 Å². The third-order valence-electron chi connectivity index (χ3n) is 7.72. The molecule has 0 radical (unpaired) electrons. The molecular weight excluding hydrogens is 524 g/mol. The second-order valence-corrected chi connectivity index (χ2v) is 13.3. The number of benzene rings is 2. The quantitative estimate of drug-likeness (QED) is 0.493. The highest BCUT2D eigenvalue weighted by Crippen LogP contribution is 2.40. The molecule has 2 aromatic carbocycles. The van der Waals surface area contributed by atoms with Gasteiger partial charge >= 0.3 is 0 Å². The van der Waals surface area contributed by atoms with Gasteiger partial charge in [0, 0.05) is 36.7 Å². The number of aromatic nitrogens is 1. The highest BCUT2D eigenvalue weighted by molar-refractivity contribution is 7.89. The number of anilines is 2. The standard InChI is InChI=1S/C27H30N4O5S2/c1-16-13-19-14-21(6-8-23(19)31(16)26(33)18-3-4-18)38(34,35)30-11-9-17(10-12-30)25(32)29-27-28-22-7-5-20(36-2)15-24(22)37-27/h5-8,14-18H,3-4,9-13H2,1-2H3,(H,28,29,32)/t16-/m0/s1. The molecule has 0 unspecified atom stereocenters. The van der Waals surface area contributed by atoms with Crippen molar-refractivity contribution < 1.29 is 22.7 Å². The van der Waals surface area contributed by atoms with Crippen LogP contribution in [0.4, 0.5) is 10.8 Å². The van der Waals surface area contributed by atoms with Crippen LogP contribution in [0, 0.1) is 11.8 Å². The zero-order chi connectivity index (χ0) is 26.6. The molecule has 1 N–H and O–H groups in total. The van der Waals surface area contributed by atoms with E-state index < -0.39 is 10.0 Å². The summed E-state index contributed by atoms with van der Waals surface area (Å²) in [4.78, 5) is 32.2. The van der Waals surface area contributed by atoms with Crippen LogP contribution in [0.2, 0.25) is 0 Å². The first-order valence-electron chi connectivity index (χ1n) is 13.0. The number of fused-ring (bicyclic) bond motifs is 2. The highest BCUT2D eigenvalue weighted by Gasteiger charge is 2.40. The zero-order valence-electron chi connectivity index (χ0n) is 21.3.